The summed E-state index contributed by atoms with van der Waals surface area (Å²) in [5, 5.41) is 9.25. The highest BCUT2D eigenvalue weighted by Crippen LogP contribution is 2.32. The first-order valence-electron chi connectivity index (χ1n) is 22.9. The van der Waals surface area contributed by atoms with E-state index in [-0.39, 0.29) is 29.9 Å². The van der Waals surface area contributed by atoms with Gasteiger partial charge in [0.2, 0.25) is 17.7 Å². The van der Waals surface area contributed by atoms with Gasteiger partial charge in [-0.05, 0) is 43.4 Å². The van der Waals surface area contributed by atoms with Gasteiger partial charge in [0, 0.05) is 37.8 Å². The summed E-state index contributed by atoms with van der Waals surface area (Å²) in [7, 11) is 0. The second kappa shape index (κ2) is 34.8. The SMILES string of the molecule is CCCCCCCCCC(=O)Cc1cc(NC(=O)CCCCCCCCC)c(NC(=O)CCCCCCCCC)cc1NC(=O)CCCCCCCCC. The van der Waals surface area contributed by atoms with E-state index < -0.39 is 0 Å². The number of benzene rings is 1. The first-order chi connectivity index (χ1) is 26.3. The number of carbonyl (C=O) groups is 4. The van der Waals surface area contributed by atoms with Gasteiger partial charge in [-0.3, -0.25) is 19.2 Å². The number of anilines is 3. The molecule has 310 valence electrons. The zero-order valence-corrected chi connectivity index (χ0v) is 35.6. The molecule has 0 heterocycles. The summed E-state index contributed by atoms with van der Waals surface area (Å²) in [6, 6.07) is 3.59. The van der Waals surface area contributed by atoms with Crippen LogP contribution >= 0.6 is 0 Å². The van der Waals surface area contributed by atoms with Crippen molar-refractivity contribution in [3.63, 3.8) is 0 Å². The van der Waals surface area contributed by atoms with Crippen LogP contribution in [0.15, 0.2) is 12.1 Å². The number of amides is 3. The summed E-state index contributed by atoms with van der Waals surface area (Å²) < 4.78 is 0. The van der Waals surface area contributed by atoms with Crippen LogP contribution in [0.2, 0.25) is 0 Å². The smallest absolute Gasteiger partial charge is 0.224 e. The van der Waals surface area contributed by atoms with Crippen LogP contribution in [0.3, 0.4) is 0 Å². The molecule has 0 saturated heterocycles. The van der Waals surface area contributed by atoms with E-state index in [2.05, 4.69) is 43.6 Å². The van der Waals surface area contributed by atoms with Gasteiger partial charge in [-0.25, -0.2) is 0 Å². The largest absolute Gasteiger partial charge is 0.326 e. The lowest BCUT2D eigenvalue weighted by atomic mass is 10.00. The topological polar surface area (TPSA) is 104 Å². The fraction of sp³-hybridized carbons (Fsp3) is 0.787. The minimum Gasteiger partial charge on any atom is -0.326 e. The summed E-state index contributed by atoms with van der Waals surface area (Å²) in [6.45, 7) is 8.86. The number of hydrogen-bond acceptors (Lipinski definition) is 4. The van der Waals surface area contributed by atoms with Gasteiger partial charge >= 0.3 is 0 Å². The van der Waals surface area contributed by atoms with Crippen LogP contribution in [0.25, 0.3) is 0 Å². The lowest BCUT2D eigenvalue weighted by Crippen LogP contribution is -2.19. The molecule has 0 spiro atoms. The molecule has 0 aliphatic rings. The van der Waals surface area contributed by atoms with Crippen LogP contribution in [-0.4, -0.2) is 23.5 Å². The summed E-state index contributed by atoms with van der Waals surface area (Å²) in [6.07, 6.45) is 33.5. The van der Waals surface area contributed by atoms with Crippen molar-refractivity contribution in [1.29, 1.82) is 0 Å². The molecule has 7 heteroatoms. The highest BCUT2D eigenvalue weighted by Gasteiger charge is 2.18. The molecule has 0 radical (unpaired) electrons. The number of Topliss-reactive ketones (excluding diaryl/α,β-unsaturated/α-hetero) is 1. The lowest BCUT2D eigenvalue weighted by Gasteiger charge is -2.19. The predicted octanol–water partition coefficient (Wildman–Crippen LogP) is 14.2. The van der Waals surface area contributed by atoms with E-state index in [1.54, 1.807) is 6.07 Å². The Morgan fingerprint density at radius 1 is 0.352 bits per heavy atom. The van der Waals surface area contributed by atoms with E-state index in [0.29, 0.717) is 48.3 Å². The summed E-state index contributed by atoms with van der Waals surface area (Å²) in [5.74, 6) is -0.154. The van der Waals surface area contributed by atoms with Crippen LogP contribution < -0.4 is 16.0 Å². The molecule has 3 amide bonds. The Bertz CT molecular complexity index is 964. The Morgan fingerprint density at radius 2 is 0.630 bits per heavy atom. The molecule has 0 bridgehead atoms. The number of nitrogens with one attached hydrogen (secondary N) is 3. The molecule has 3 N–H and O–H groups in total. The molecule has 0 aliphatic carbocycles. The standard InChI is InChI=1S/C47H83N3O4/c1-5-9-13-17-21-25-29-33-41(51)37-40-38-43(49-46(53)35-31-27-23-19-15-11-7-3)44(50-47(54)36-32-28-24-20-16-12-8-4)39-42(40)48-45(52)34-30-26-22-18-14-10-6-2/h38-39H,5-37H2,1-4H3,(H,48,52)(H,49,53)(H,50,54). The fourth-order valence-corrected chi connectivity index (χ4v) is 7.06. The Balaban J connectivity index is 3.13. The maximum atomic E-state index is 13.3. The Morgan fingerprint density at radius 3 is 0.981 bits per heavy atom. The van der Waals surface area contributed by atoms with Gasteiger partial charge in [0.15, 0.2) is 0 Å². The van der Waals surface area contributed by atoms with Crippen molar-refractivity contribution in [2.45, 2.75) is 240 Å². The van der Waals surface area contributed by atoms with E-state index in [0.717, 1.165) is 77.0 Å². The van der Waals surface area contributed by atoms with Crippen LogP contribution in [0.4, 0.5) is 17.1 Å². The number of carbonyl (C=O) groups excluding carboxylic acids is 4. The first-order valence-corrected chi connectivity index (χ1v) is 22.9. The maximum Gasteiger partial charge on any atom is 0.224 e. The van der Waals surface area contributed by atoms with Crippen molar-refractivity contribution < 1.29 is 19.2 Å². The molecule has 1 aromatic carbocycles. The normalized spacial score (nSPS) is 11.1. The molecule has 54 heavy (non-hydrogen) atoms. The third-order valence-electron chi connectivity index (χ3n) is 10.5. The molecular formula is C47H83N3O4. The molecule has 0 aliphatic heterocycles. The van der Waals surface area contributed by atoms with Crippen LogP contribution in [-0.2, 0) is 25.6 Å². The van der Waals surface area contributed by atoms with Crippen molar-refractivity contribution in [2.24, 2.45) is 0 Å². The van der Waals surface area contributed by atoms with Gasteiger partial charge in [-0.1, -0.05) is 182 Å². The summed E-state index contributed by atoms with van der Waals surface area (Å²) >= 11 is 0. The highest BCUT2D eigenvalue weighted by molar-refractivity contribution is 6.02. The van der Waals surface area contributed by atoms with Crippen molar-refractivity contribution in [3.8, 4) is 0 Å². The minimum atomic E-state index is -0.103. The number of hydrogen-bond donors (Lipinski definition) is 3. The second-order valence-corrected chi connectivity index (χ2v) is 15.9. The Labute approximate surface area is 332 Å². The van der Waals surface area contributed by atoms with Crippen molar-refractivity contribution in [3.05, 3.63) is 17.7 Å². The van der Waals surface area contributed by atoms with Gasteiger partial charge in [-0.2, -0.15) is 0 Å². The molecule has 0 saturated carbocycles. The molecule has 0 unspecified atom stereocenters. The van der Waals surface area contributed by atoms with Gasteiger partial charge in [0.05, 0.1) is 11.4 Å². The van der Waals surface area contributed by atoms with E-state index in [4.69, 9.17) is 0 Å². The molecule has 7 nitrogen and oxygen atoms in total. The van der Waals surface area contributed by atoms with Crippen molar-refractivity contribution in [2.75, 3.05) is 16.0 Å². The lowest BCUT2D eigenvalue weighted by molar-refractivity contribution is -0.119. The zero-order chi connectivity index (χ0) is 39.5. The number of rotatable bonds is 37. The third kappa shape index (κ3) is 27.0. The van der Waals surface area contributed by atoms with Crippen LogP contribution in [0.1, 0.15) is 239 Å². The van der Waals surface area contributed by atoms with Crippen LogP contribution in [0, 0.1) is 0 Å². The predicted molar refractivity (Wildman–Crippen MR) is 231 cm³/mol. The quantitative estimate of drug-likeness (QED) is 0.0588. The Hall–Kier alpha value is -2.70. The van der Waals surface area contributed by atoms with Crippen molar-refractivity contribution in [1.82, 2.24) is 0 Å². The Kier molecular flexibility index (Phi) is 31.8. The average Bonchev–Trinajstić information content (AvgIpc) is 3.15. The van der Waals surface area contributed by atoms with Crippen molar-refractivity contribution >= 4 is 40.6 Å². The molecule has 1 aromatic rings. The first kappa shape index (κ1) is 49.3. The monoisotopic (exact) mass is 754 g/mol. The minimum absolute atomic E-state index is 0.0830. The molecule has 0 aromatic heterocycles. The van der Waals surface area contributed by atoms with E-state index >= 15 is 0 Å². The number of unbranched alkanes of at least 4 members (excludes halogenated alkanes) is 24. The molecule has 1 rings (SSSR count). The van der Waals surface area contributed by atoms with Gasteiger partial charge in [0.1, 0.15) is 5.78 Å². The van der Waals surface area contributed by atoms with E-state index in [1.165, 1.54) is 103 Å². The third-order valence-corrected chi connectivity index (χ3v) is 10.5. The number of ketones is 1. The van der Waals surface area contributed by atoms with Gasteiger partial charge in [0.25, 0.3) is 0 Å². The average molecular weight is 754 g/mol. The summed E-state index contributed by atoms with van der Waals surface area (Å²) in [5.41, 5.74) is 2.21. The molecule has 0 fully saturated rings. The maximum absolute atomic E-state index is 13.3. The summed E-state index contributed by atoms with van der Waals surface area (Å²) in [4.78, 5) is 53.0. The van der Waals surface area contributed by atoms with Gasteiger partial charge in [-0.15, -0.1) is 0 Å². The van der Waals surface area contributed by atoms with Gasteiger partial charge < -0.3 is 16.0 Å². The molecular weight excluding hydrogens is 671 g/mol. The van der Waals surface area contributed by atoms with Crippen LogP contribution in [0.5, 0.6) is 0 Å². The molecule has 0 atom stereocenters. The van der Waals surface area contributed by atoms with E-state index in [9.17, 15) is 19.2 Å². The fourth-order valence-electron chi connectivity index (χ4n) is 7.06. The zero-order valence-electron chi connectivity index (χ0n) is 35.6. The highest BCUT2D eigenvalue weighted by atomic mass is 16.2. The second-order valence-electron chi connectivity index (χ2n) is 15.9. The van der Waals surface area contributed by atoms with E-state index in [1.807, 2.05) is 6.07 Å².